The first-order valence-electron chi connectivity index (χ1n) is 5.79. The highest BCUT2D eigenvalue weighted by molar-refractivity contribution is 5.42. The lowest BCUT2D eigenvalue weighted by Crippen LogP contribution is -2.01. The third-order valence-corrected chi connectivity index (χ3v) is 2.69. The lowest BCUT2D eigenvalue weighted by molar-refractivity contribution is 0.282. The van der Waals surface area contributed by atoms with E-state index in [9.17, 15) is 8.78 Å². The van der Waals surface area contributed by atoms with Gasteiger partial charge in [-0.1, -0.05) is 0 Å². The van der Waals surface area contributed by atoms with E-state index in [1.165, 1.54) is 13.2 Å². The average Bonchev–Trinajstić information content (AvgIpc) is 2.46. The van der Waals surface area contributed by atoms with Crippen molar-refractivity contribution in [2.24, 2.45) is 0 Å². The number of methoxy groups -OCH3 is 1. The molecule has 5 heteroatoms. The van der Waals surface area contributed by atoms with Crippen molar-refractivity contribution in [2.45, 2.75) is 6.61 Å². The fraction of sp³-hybridized carbons (Fsp3) is 0.133. The summed E-state index contributed by atoms with van der Waals surface area (Å²) in [5, 5.41) is 8.85. The van der Waals surface area contributed by atoms with Crippen LogP contribution < -0.4 is 9.47 Å². The molecule has 102 valence electrons. The Bertz CT molecular complexity index is 665. The van der Waals surface area contributed by atoms with Gasteiger partial charge in [-0.05, 0) is 30.3 Å². The van der Waals surface area contributed by atoms with E-state index in [0.29, 0.717) is 16.9 Å². The Hall–Kier alpha value is -2.61. The van der Waals surface area contributed by atoms with Crippen LogP contribution in [0.15, 0.2) is 36.4 Å². The van der Waals surface area contributed by atoms with Gasteiger partial charge in [-0.2, -0.15) is 5.26 Å². The molecular formula is C15H11F2NO2. The van der Waals surface area contributed by atoms with Gasteiger partial charge < -0.3 is 9.47 Å². The monoisotopic (exact) mass is 275 g/mol. The highest BCUT2D eigenvalue weighted by atomic mass is 19.1. The zero-order chi connectivity index (χ0) is 14.5. The maximum atomic E-state index is 13.4. The van der Waals surface area contributed by atoms with Crippen molar-refractivity contribution in [1.82, 2.24) is 0 Å². The molecule has 0 amide bonds. The Balaban J connectivity index is 2.20. The average molecular weight is 275 g/mol. The van der Waals surface area contributed by atoms with Gasteiger partial charge in [0.2, 0.25) is 0 Å². The van der Waals surface area contributed by atoms with Gasteiger partial charge in [-0.25, -0.2) is 8.78 Å². The second-order valence-electron chi connectivity index (χ2n) is 4.00. The van der Waals surface area contributed by atoms with Crippen LogP contribution in [0.25, 0.3) is 0 Å². The minimum atomic E-state index is -0.777. The molecule has 0 aliphatic heterocycles. The van der Waals surface area contributed by atoms with Crippen LogP contribution in [0.1, 0.15) is 11.1 Å². The van der Waals surface area contributed by atoms with E-state index in [2.05, 4.69) is 0 Å². The maximum absolute atomic E-state index is 13.4. The number of benzene rings is 2. The highest BCUT2D eigenvalue weighted by Crippen LogP contribution is 2.23. The molecule has 0 bridgehead atoms. The summed E-state index contributed by atoms with van der Waals surface area (Å²) in [4.78, 5) is 0. The number of hydrogen-bond donors (Lipinski definition) is 0. The van der Waals surface area contributed by atoms with Crippen molar-refractivity contribution >= 4 is 0 Å². The number of ether oxygens (including phenoxy) is 2. The smallest absolute Gasteiger partial charge is 0.167 e. The molecule has 0 heterocycles. The van der Waals surface area contributed by atoms with E-state index in [0.717, 1.165) is 12.1 Å². The fourth-order valence-electron chi connectivity index (χ4n) is 1.71. The highest BCUT2D eigenvalue weighted by Gasteiger charge is 2.09. The Morgan fingerprint density at radius 2 is 1.85 bits per heavy atom. The maximum Gasteiger partial charge on any atom is 0.167 e. The van der Waals surface area contributed by atoms with Crippen LogP contribution in [0, 0.1) is 23.0 Å². The van der Waals surface area contributed by atoms with Crippen molar-refractivity contribution in [3.05, 3.63) is 59.2 Å². The molecule has 3 nitrogen and oxygen atoms in total. The van der Waals surface area contributed by atoms with E-state index in [4.69, 9.17) is 14.7 Å². The molecule has 0 aromatic heterocycles. The van der Waals surface area contributed by atoms with E-state index in [1.54, 1.807) is 18.2 Å². The summed E-state index contributed by atoms with van der Waals surface area (Å²) in [6.45, 7) is 0.0151. The molecule has 0 spiro atoms. The van der Waals surface area contributed by atoms with Crippen LogP contribution in [-0.4, -0.2) is 7.11 Å². The normalized spacial score (nSPS) is 9.90. The lowest BCUT2D eigenvalue weighted by atomic mass is 10.1. The summed E-state index contributed by atoms with van der Waals surface area (Å²) in [5.41, 5.74) is 1.05. The summed E-state index contributed by atoms with van der Waals surface area (Å²) in [6.07, 6.45) is 0. The molecule has 0 N–H and O–H groups in total. The van der Waals surface area contributed by atoms with Crippen LogP contribution in [0.3, 0.4) is 0 Å². The third kappa shape index (κ3) is 3.04. The number of nitriles is 1. The third-order valence-electron chi connectivity index (χ3n) is 2.69. The summed E-state index contributed by atoms with van der Waals surface area (Å²) in [5.74, 6) is -0.971. The first-order valence-corrected chi connectivity index (χ1v) is 5.79. The van der Waals surface area contributed by atoms with E-state index in [1.807, 2.05) is 6.07 Å². The molecule has 0 atom stereocenters. The quantitative estimate of drug-likeness (QED) is 0.858. The molecular weight excluding hydrogens is 264 g/mol. The summed E-state index contributed by atoms with van der Waals surface area (Å²) >= 11 is 0. The zero-order valence-corrected chi connectivity index (χ0v) is 10.7. The SMILES string of the molecule is COc1ccc(C#N)cc1COc1ccc(F)cc1F. The first kappa shape index (κ1) is 13.8. The van der Waals surface area contributed by atoms with Crippen LogP contribution >= 0.6 is 0 Å². The molecule has 2 aromatic rings. The van der Waals surface area contributed by atoms with E-state index < -0.39 is 11.6 Å². The lowest BCUT2D eigenvalue weighted by Gasteiger charge is -2.11. The van der Waals surface area contributed by atoms with Crippen LogP contribution in [-0.2, 0) is 6.61 Å². The second-order valence-corrected chi connectivity index (χ2v) is 4.00. The minimum absolute atomic E-state index is 0.0151. The van der Waals surface area contributed by atoms with Crippen LogP contribution in [0.5, 0.6) is 11.5 Å². The number of halogens is 2. The molecule has 0 aliphatic carbocycles. The number of rotatable bonds is 4. The number of hydrogen-bond acceptors (Lipinski definition) is 3. The number of nitrogens with zero attached hydrogens (tertiary/aromatic N) is 1. The predicted molar refractivity (Wildman–Crippen MR) is 68.4 cm³/mol. The molecule has 0 radical (unpaired) electrons. The summed E-state index contributed by atoms with van der Waals surface area (Å²) < 4.78 is 36.6. The molecule has 2 aromatic carbocycles. The molecule has 0 saturated heterocycles. The molecule has 2 rings (SSSR count). The molecule has 0 unspecified atom stereocenters. The Kier molecular flexibility index (Phi) is 4.16. The van der Waals surface area contributed by atoms with Gasteiger partial charge in [0.1, 0.15) is 18.2 Å². The van der Waals surface area contributed by atoms with E-state index in [-0.39, 0.29) is 12.4 Å². The zero-order valence-electron chi connectivity index (χ0n) is 10.7. The van der Waals surface area contributed by atoms with Gasteiger partial charge in [0, 0.05) is 11.6 Å². The van der Waals surface area contributed by atoms with Crippen molar-refractivity contribution in [2.75, 3.05) is 7.11 Å². The predicted octanol–water partition coefficient (Wildman–Crippen LogP) is 3.42. The standard InChI is InChI=1S/C15H11F2NO2/c1-19-14-4-2-10(8-18)6-11(14)9-20-15-5-3-12(16)7-13(15)17/h2-7H,9H2,1H3. The summed E-state index contributed by atoms with van der Waals surface area (Å²) in [6, 6.07) is 9.92. The minimum Gasteiger partial charge on any atom is -0.496 e. The molecule has 20 heavy (non-hydrogen) atoms. The Morgan fingerprint density at radius 1 is 1.10 bits per heavy atom. The van der Waals surface area contributed by atoms with Crippen LogP contribution in [0.4, 0.5) is 8.78 Å². The van der Waals surface area contributed by atoms with Gasteiger partial charge in [-0.15, -0.1) is 0 Å². The molecule has 0 saturated carbocycles. The first-order chi connectivity index (χ1) is 9.63. The topological polar surface area (TPSA) is 42.2 Å². The van der Waals surface area contributed by atoms with Crippen molar-refractivity contribution in [3.63, 3.8) is 0 Å². The summed E-state index contributed by atoms with van der Waals surface area (Å²) in [7, 11) is 1.49. The van der Waals surface area contributed by atoms with Crippen molar-refractivity contribution in [3.8, 4) is 17.6 Å². The molecule has 0 fully saturated rings. The van der Waals surface area contributed by atoms with E-state index >= 15 is 0 Å². The van der Waals surface area contributed by atoms with Gasteiger partial charge in [0.05, 0.1) is 18.7 Å². The van der Waals surface area contributed by atoms with Crippen molar-refractivity contribution < 1.29 is 18.3 Å². The van der Waals surface area contributed by atoms with Crippen molar-refractivity contribution in [1.29, 1.82) is 5.26 Å². The van der Waals surface area contributed by atoms with Gasteiger partial charge in [-0.3, -0.25) is 0 Å². The van der Waals surface area contributed by atoms with Gasteiger partial charge >= 0.3 is 0 Å². The fourth-order valence-corrected chi connectivity index (χ4v) is 1.71. The van der Waals surface area contributed by atoms with Gasteiger partial charge in [0.25, 0.3) is 0 Å². The van der Waals surface area contributed by atoms with Gasteiger partial charge in [0.15, 0.2) is 11.6 Å². The second kappa shape index (κ2) is 6.02. The molecule has 0 aliphatic rings. The van der Waals surface area contributed by atoms with Crippen LogP contribution in [0.2, 0.25) is 0 Å². The Labute approximate surface area is 115 Å². The Morgan fingerprint density at radius 3 is 2.50 bits per heavy atom. The largest absolute Gasteiger partial charge is 0.496 e.